The van der Waals surface area contributed by atoms with Crippen LogP contribution in [-0.4, -0.2) is 121 Å². The molecule has 2 saturated heterocycles. The minimum absolute atomic E-state index is 0.0403. The van der Waals surface area contributed by atoms with Gasteiger partial charge in [0, 0.05) is 26.6 Å². The number of H-pyrrole nitrogens is 2. The van der Waals surface area contributed by atoms with Crippen molar-refractivity contribution < 1.29 is 62.4 Å². The monoisotopic (exact) mass is 930 g/mol. The first-order chi connectivity index (χ1) is 31.8. The fourth-order valence-electron chi connectivity index (χ4n) is 8.21. The van der Waals surface area contributed by atoms with Crippen LogP contribution >= 0.6 is 7.82 Å². The maximum absolute atomic E-state index is 14.1. The molecule has 0 aliphatic carbocycles. The predicted octanol–water partition coefficient (Wildman–Crippen LogP) is 5.48. The quantitative estimate of drug-likeness (QED) is 0.0248. The van der Waals surface area contributed by atoms with Gasteiger partial charge in [0.2, 0.25) is 11.8 Å². The second kappa shape index (κ2) is 21.1. The number of likely N-dealkylation sites (tertiary alicyclic amines) is 2. The van der Waals surface area contributed by atoms with E-state index in [2.05, 4.69) is 40.1 Å². The molecule has 2 aliphatic heterocycles. The van der Waals surface area contributed by atoms with Crippen LogP contribution in [-0.2, 0) is 39.6 Å². The number of amides is 4. The first-order valence-corrected chi connectivity index (χ1v) is 22.6. The van der Waals surface area contributed by atoms with E-state index in [4.69, 9.17) is 19.1 Å². The van der Waals surface area contributed by atoms with Gasteiger partial charge in [-0.3, -0.25) is 14.5 Å². The number of aliphatic hydroxyl groups excluding tert-OH is 1. The molecule has 0 bridgehead atoms. The van der Waals surface area contributed by atoms with E-state index < -0.39 is 45.0 Å². The highest BCUT2D eigenvalue weighted by atomic mass is 31.2. The number of alkyl carbamates (subject to hydrolysis) is 1. The highest BCUT2D eigenvalue weighted by Crippen LogP contribution is 2.44. The summed E-state index contributed by atoms with van der Waals surface area (Å²) in [4.78, 5) is 84.6. The zero-order chi connectivity index (χ0) is 47.0. The van der Waals surface area contributed by atoms with Gasteiger partial charge < -0.3 is 54.6 Å². The number of carboxylic acid groups (broad SMARTS) is 1. The van der Waals surface area contributed by atoms with Gasteiger partial charge in [-0.2, -0.15) is 4.89 Å². The van der Waals surface area contributed by atoms with E-state index in [1.165, 1.54) is 26.4 Å². The maximum atomic E-state index is 14.1. The van der Waals surface area contributed by atoms with Crippen LogP contribution in [0.2, 0.25) is 0 Å². The Morgan fingerprint density at radius 3 is 1.79 bits per heavy atom. The Morgan fingerprint density at radius 1 is 0.788 bits per heavy atom. The summed E-state index contributed by atoms with van der Waals surface area (Å²) in [6.45, 7) is 1.60. The molecule has 1 unspecified atom stereocenters. The second-order valence-electron chi connectivity index (χ2n) is 15.7. The van der Waals surface area contributed by atoms with Crippen LogP contribution in [0, 0.1) is 0 Å². The van der Waals surface area contributed by atoms with Gasteiger partial charge in [0.1, 0.15) is 29.5 Å². The summed E-state index contributed by atoms with van der Waals surface area (Å²) in [7, 11) is -2.03. The molecule has 4 heterocycles. The molecule has 4 amide bonds. The largest absolute Gasteiger partial charge is 0.555 e. The molecule has 7 N–H and O–H groups in total. The van der Waals surface area contributed by atoms with E-state index in [9.17, 15) is 33.7 Å². The van der Waals surface area contributed by atoms with Gasteiger partial charge >= 0.3 is 20.0 Å². The molecule has 2 aliphatic rings. The van der Waals surface area contributed by atoms with Crippen molar-refractivity contribution in [1.82, 2.24) is 40.4 Å². The fourth-order valence-corrected chi connectivity index (χ4v) is 8.81. The molecular formula is C44H51N8O13P. The molecule has 66 heavy (non-hydrogen) atoms. The molecular weight excluding hydrogens is 880 g/mol. The number of ether oxygens (including phenoxy) is 2. The summed E-state index contributed by atoms with van der Waals surface area (Å²) < 4.78 is 31.1. The molecule has 2 fully saturated rings. The number of benzene rings is 3. The number of hydrogen-bond acceptors (Lipinski definition) is 13. The Bertz CT molecular complexity index is 2520. The third-order valence-electron chi connectivity index (χ3n) is 11.6. The third kappa shape index (κ3) is 11.2. The van der Waals surface area contributed by atoms with Crippen LogP contribution in [0.25, 0.3) is 33.6 Å². The number of imidazole rings is 2. The number of carbonyl (C=O) groups is 4. The summed E-state index contributed by atoms with van der Waals surface area (Å²) in [6, 6.07) is 19.1. The molecule has 0 spiro atoms. The molecule has 0 saturated carbocycles. The smallest absolute Gasteiger partial charge is 0.465 e. The second-order valence-corrected chi connectivity index (χ2v) is 17.0. The third-order valence-corrected chi connectivity index (χ3v) is 12.3. The van der Waals surface area contributed by atoms with E-state index in [0.717, 1.165) is 40.1 Å². The van der Waals surface area contributed by atoms with Crippen LogP contribution < -0.4 is 15.2 Å². The van der Waals surface area contributed by atoms with Gasteiger partial charge in [-0.25, -0.2) is 24.1 Å². The van der Waals surface area contributed by atoms with Crippen LogP contribution in [0.15, 0.2) is 85.2 Å². The molecule has 7 rings (SSSR count). The zero-order valence-electron chi connectivity index (χ0n) is 36.3. The number of phosphoric acid groups is 1. The molecule has 3 aromatic carbocycles. The standard InChI is InChI=1S/C44H51N8O13P/c1-26(61-2)38(50-43(56)57)42(55)52-21-5-7-37(52)40-46-24-35(48-40)31-16-12-29(13-17-31)28-10-14-30(15-11-28)34-23-45-39(47-34)36-6-4-20-51(36)41(54)33(49-44(58)62-3)22-27-8-18-32(19-9-27)64-66(59,60)65-63-25-53/h8-19,23-24,26,33,36-38,50,53H,4-7,20-22,25H2,1-3H3,(H,45,47)(H,46,48)(H,49,58)(H,56,57)(H,59,60)/t26-,33+,36+,37+,38+/m1/s1. The minimum Gasteiger partial charge on any atom is -0.465 e. The molecule has 350 valence electrons. The van der Waals surface area contributed by atoms with Crippen LogP contribution in [0.5, 0.6) is 5.75 Å². The van der Waals surface area contributed by atoms with Crippen molar-refractivity contribution in [1.29, 1.82) is 0 Å². The first kappa shape index (κ1) is 47.4. The van der Waals surface area contributed by atoms with Crippen molar-refractivity contribution in [3.63, 3.8) is 0 Å². The lowest BCUT2D eigenvalue weighted by atomic mass is 10.0. The highest BCUT2D eigenvalue weighted by molar-refractivity contribution is 7.47. The number of nitrogens with zero attached hydrogens (tertiary/aromatic N) is 4. The lowest BCUT2D eigenvalue weighted by Gasteiger charge is -2.30. The molecule has 22 heteroatoms. The van der Waals surface area contributed by atoms with Crippen molar-refractivity contribution in [3.05, 3.63) is 102 Å². The van der Waals surface area contributed by atoms with Gasteiger partial charge in [0.25, 0.3) is 0 Å². The summed E-state index contributed by atoms with van der Waals surface area (Å²) >= 11 is 0. The number of aromatic amines is 2. The Morgan fingerprint density at radius 2 is 1.30 bits per heavy atom. The van der Waals surface area contributed by atoms with Crippen molar-refractivity contribution in [2.75, 3.05) is 34.1 Å². The molecule has 2 aromatic heterocycles. The Kier molecular flexibility index (Phi) is 15.2. The van der Waals surface area contributed by atoms with Gasteiger partial charge in [-0.1, -0.05) is 60.7 Å². The van der Waals surface area contributed by atoms with Crippen LogP contribution in [0.3, 0.4) is 0 Å². The maximum Gasteiger partial charge on any atom is 0.555 e. The number of aromatic nitrogens is 4. The van der Waals surface area contributed by atoms with Crippen molar-refractivity contribution in [2.45, 2.75) is 69.3 Å². The summed E-state index contributed by atoms with van der Waals surface area (Å²) in [5, 5.41) is 22.9. The number of rotatable bonds is 18. The van der Waals surface area contributed by atoms with E-state index in [1.807, 2.05) is 48.5 Å². The van der Waals surface area contributed by atoms with Gasteiger partial charge in [0.05, 0.1) is 49.1 Å². The molecule has 21 nitrogen and oxygen atoms in total. The molecule has 0 radical (unpaired) electrons. The number of phosphoric ester groups is 1. The van der Waals surface area contributed by atoms with Crippen molar-refractivity contribution in [3.8, 4) is 39.4 Å². The average Bonchev–Trinajstić information content (AvgIpc) is 4.17. The Balaban J connectivity index is 0.986. The number of carbonyl (C=O) groups excluding carboxylic acids is 3. The van der Waals surface area contributed by atoms with Crippen LogP contribution in [0.4, 0.5) is 9.59 Å². The van der Waals surface area contributed by atoms with Gasteiger partial charge in [-0.05, 0) is 72.6 Å². The molecule has 6 atom stereocenters. The highest BCUT2D eigenvalue weighted by Gasteiger charge is 2.39. The SMILES string of the molecule is COC(=O)N[C@@H](Cc1ccc(OP(=O)(O)OOCO)cc1)C(=O)N1CCC[C@H]1c1ncc(-c2ccc(-c3ccc(-c4cnc([C@@H]5CCCN5C(=O)[C@@H](NC(=O)O)[C@@H](C)OC)[nH]4)cc3)cc2)[nH]1. The van der Waals surface area contributed by atoms with E-state index in [0.29, 0.717) is 49.6 Å². The minimum atomic E-state index is -4.67. The predicted molar refractivity (Wildman–Crippen MR) is 235 cm³/mol. The lowest BCUT2D eigenvalue weighted by molar-refractivity contribution is -0.264. The van der Waals surface area contributed by atoms with Gasteiger partial charge in [0.15, 0.2) is 6.79 Å². The van der Waals surface area contributed by atoms with Crippen molar-refractivity contribution in [2.24, 2.45) is 0 Å². The normalized spacial score (nSPS) is 18.3. The molecule has 5 aromatic rings. The topological polar surface area (TPSA) is 280 Å². The van der Waals surface area contributed by atoms with Crippen molar-refractivity contribution >= 4 is 31.8 Å². The lowest BCUT2D eigenvalue weighted by Crippen LogP contribution is -2.53. The Labute approximate surface area is 378 Å². The first-order valence-electron chi connectivity index (χ1n) is 21.1. The fraction of sp³-hybridized carbons (Fsp3) is 0.364. The number of methoxy groups -OCH3 is 2. The van der Waals surface area contributed by atoms with E-state index >= 15 is 0 Å². The summed E-state index contributed by atoms with van der Waals surface area (Å²) in [6.07, 6.45) is 3.57. The number of aliphatic hydroxyl groups is 1. The Hall–Kier alpha value is -6.61. The summed E-state index contributed by atoms with van der Waals surface area (Å²) in [5.41, 5.74) is 5.91. The van der Waals surface area contributed by atoms with E-state index in [-0.39, 0.29) is 36.1 Å². The number of hydrogen-bond donors (Lipinski definition) is 7. The van der Waals surface area contributed by atoms with E-state index in [1.54, 1.807) is 41.2 Å². The number of nitrogens with one attached hydrogen (secondary N) is 4. The van der Waals surface area contributed by atoms with Gasteiger partial charge in [-0.15, -0.1) is 4.67 Å². The average molecular weight is 931 g/mol. The summed E-state index contributed by atoms with van der Waals surface area (Å²) in [5.74, 6) is 0.480. The zero-order valence-corrected chi connectivity index (χ0v) is 37.2. The van der Waals surface area contributed by atoms with Crippen LogP contribution in [0.1, 0.15) is 61.9 Å².